The second-order valence-corrected chi connectivity index (χ2v) is 10.00. The van der Waals surface area contributed by atoms with E-state index in [1.165, 1.54) is 34.2 Å². The number of hydrogen-bond acceptors (Lipinski definition) is 8. The molecule has 1 aliphatic heterocycles. The molecule has 2 aromatic heterocycles. The lowest BCUT2D eigenvalue weighted by Crippen LogP contribution is -2.39. The van der Waals surface area contributed by atoms with E-state index < -0.39 is 18.0 Å². The lowest BCUT2D eigenvalue weighted by atomic mass is 10.0. The van der Waals surface area contributed by atoms with Crippen LogP contribution in [-0.4, -0.2) is 23.1 Å². The van der Waals surface area contributed by atoms with Crippen molar-refractivity contribution in [2.24, 2.45) is 4.99 Å². The zero-order valence-corrected chi connectivity index (χ0v) is 21.2. The van der Waals surface area contributed by atoms with Gasteiger partial charge in [-0.2, -0.15) is 0 Å². The summed E-state index contributed by atoms with van der Waals surface area (Å²) in [7, 11) is 0. The molecule has 0 unspecified atom stereocenters. The Labute approximate surface area is 205 Å². The third-order valence-electron chi connectivity index (χ3n) is 4.84. The normalized spacial score (nSPS) is 15.8. The number of fused-ring (bicyclic) bond motifs is 1. The number of thiazole rings is 1. The third-order valence-corrected chi connectivity index (χ3v) is 7.24. The summed E-state index contributed by atoms with van der Waals surface area (Å²) < 4.78 is 13.3. The maximum absolute atomic E-state index is 13.6. The highest BCUT2D eigenvalue weighted by atomic mass is 79.9. The van der Waals surface area contributed by atoms with Crippen molar-refractivity contribution in [3.8, 4) is 5.75 Å². The van der Waals surface area contributed by atoms with E-state index >= 15 is 0 Å². The second kappa shape index (κ2) is 9.58. The monoisotopic (exact) mass is 546 g/mol. The van der Waals surface area contributed by atoms with Gasteiger partial charge in [0.2, 0.25) is 0 Å². The first-order valence-corrected chi connectivity index (χ1v) is 12.5. The van der Waals surface area contributed by atoms with E-state index in [1.54, 1.807) is 38.1 Å². The molecule has 0 radical (unpaired) electrons. The van der Waals surface area contributed by atoms with E-state index in [9.17, 15) is 14.4 Å². The fraction of sp³-hybridized carbons (Fsp3) is 0.217. The number of benzene rings is 1. The maximum Gasteiger partial charge on any atom is 0.338 e. The number of carbonyl (C=O) groups is 2. The first-order valence-electron chi connectivity index (χ1n) is 10.0. The molecule has 0 saturated carbocycles. The van der Waals surface area contributed by atoms with Crippen LogP contribution in [0.1, 0.15) is 37.3 Å². The molecular weight excluding hydrogens is 528 g/mol. The van der Waals surface area contributed by atoms with Crippen LogP contribution in [0.5, 0.6) is 5.75 Å². The van der Waals surface area contributed by atoms with Crippen molar-refractivity contribution in [1.82, 2.24) is 4.57 Å². The molecule has 1 atom stereocenters. The van der Waals surface area contributed by atoms with Crippen LogP contribution in [0, 0.1) is 0 Å². The number of hydrogen-bond donors (Lipinski definition) is 0. The summed E-state index contributed by atoms with van der Waals surface area (Å²) in [6.07, 6.45) is 1.67. The maximum atomic E-state index is 13.6. The number of thiophene rings is 1. The smallest absolute Gasteiger partial charge is 0.338 e. The number of rotatable bonds is 5. The Kier molecular flexibility index (Phi) is 6.78. The Morgan fingerprint density at radius 1 is 1.30 bits per heavy atom. The summed E-state index contributed by atoms with van der Waals surface area (Å²) >= 11 is 6.09. The van der Waals surface area contributed by atoms with Gasteiger partial charge in [-0.05, 0) is 49.6 Å². The van der Waals surface area contributed by atoms with Gasteiger partial charge in [-0.15, -0.1) is 11.3 Å². The summed E-state index contributed by atoms with van der Waals surface area (Å²) in [5.41, 5.74) is 1.14. The molecular formula is C23H19BrN2O5S2. The van der Waals surface area contributed by atoms with Gasteiger partial charge in [0.15, 0.2) is 4.80 Å². The Morgan fingerprint density at radius 3 is 2.76 bits per heavy atom. The van der Waals surface area contributed by atoms with Crippen LogP contribution in [-0.2, 0) is 14.3 Å². The molecule has 1 aliphatic rings. The van der Waals surface area contributed by atoms with Gasteiger partial charge in [-0.1, -0.05) is 33.3 Å². The fourth-order valence-electron chi connectivity index (χ4n) is 3.53. The van der Waals surface area contributed by atoms with Crippen molar-refractivity contribution < 1.29 is 19.1 Å². The number of ether oxygens (including phenoxy) is 2. The quantitative estimate of drug-likeness (QED) is 0.360. The van der Waals surface area contributed by atoms with E-state index in [0.29, 0.717) is 31.9 Å². The first-order chi connectivity index (χ1) is 15.8. The van der Waals surface area contributed by atoms with Gasteiger partial charge in [0.1, 0.15) is 11.8 Å². The van der Waals surface area contributed by atoms with Crippen molar-refractivity contribution >= 4 is 56.6 Å². The minimum atomic E-state index is -0.627. The van der Waals surface area contributed by atoms with Gasteiger partial charge in [0.25, 0.3) is 5.56 Å². The first kappa shape index (κ1) is 23.3. The molecule has 170 valence electrons. The molecule has 10 heteroatoms. The van der Waals surface area contributed by atoms with Gasteiger partial charge in [-0.25, -0.2) is 9.79 Å². The second-order valence-electron chi connectivity index (χ2n) is 7.09. The molecule has 0 N–H and O–H groups in total. The van der Waals surface area contributed by atoms with E-state index in [0.717, 1.165) is 9.35 Å². The number of allylic oxidation sites excluding steroid dienone is 1. The average molecular weight is 547 g/mol. The predicted molar refractivity (Wildman–Crippen MR) is 130 cm³/mol. The SMILES string of the molecule is CCOC(=O)C1=C(C)N=c2sc(=Cc3cc(Br)ccc3OC(C)=O)c(=O)n2[C@@H]1c1cccs1. The van der Waals surface area contributed by atoms with Crippen LogP contribution in [0.25, 0.3) is 6.08 Å². The molecule has 0 saturated heterocycles. The van der Waals surface area contributed by atoms with Crippen molar-refractivity contribution in [1.29, 1.82) is 0 Å². The number of nitrogens with zero attached hydrogens (tertiary/aromatic N) is 2. The summed E-state index contributed by atoms with van der Waals surface area (Å²) in [4.78, 5) is 43.8. The molecule has 0 spiro atoms. The van der Waals surface area contributed by atoms with Crippen molar-refractivity contribution in [3.05, 3.63) is 81.6 Å². The minimum Gasteiger partial charge on any atom is -0.463 e. The van der Waals surface area contributed by atoms with E-state index in [-0.39, 0.29) is 12.2 Å². The predicted octanol–water partition coefficient (Wildman–Crippen LogP) is 3.55. The molecule has 0 amide bonds. The summed E-state index contributed by atoms with van der Waals surface area (Å²) in [6.45, 7) is 5.03. The van der Waals surface area contributed by atoms with Gasteiger partial charge < -0.3 is 9.47 Å². The Hall–Kier alpha value is -2.82. The van der Waals surface area contributed by atoms with E-state index in [1.807, 2.05) is 17.5 Å². The standard InChI is InChI=1S/C23H19BrN2O5S2/c1-4-30-22(29)19-12(2)25-23-26(20(19)17-6-5-9-32-17)21(28)18(33-23)11-14-10-15(24)7-8-16(14)31-13(3)27/h5-11,20H,4H2,1-3H3/t20-/m1/s1. The molecule has 0 fully saturated rings. The van der Waals surface area contributed by atoms with Crippen LogP contribution in [0.2, 0.25) is 0 Å². The lowest BCUT2D eigenvalue weighted by Gasteiger charge is -2.23. The topological polar surface area (TPSA) is 87.0 Å². The van der Waals surface area contributed by atoms with E-state index in [2.05, 4.69) is 20.9 Å². The highest BCUT2D eigenvalue weighted by molar-refractivity contribution is 9.10. The summed E-state index contributed by atoms with van der Waals surface area (Å²) in [5.74, 6) is -0.605. The summed E-state index contributed by atoms with van der Waals surface area (Å²) in [6, 6.07) is 8.31. The van der Waals surface area contributed by atoms with Gasteiger partial charge in [0.05, 0.1) is 22.4 Å². The molecule has 0 aliphatic carbocycles. The Bertz CT molecular complexity index is 1450. The van der Waals surface area contributed by atoms with Gasteiger partial charge >= 0.3 is 11.9 Å². The average Bonchev–Trinajstić information content (AvgIpc) is 3.38. The van der Waals surface area contributed by atoms with Crippen molar-refractivity contribution in [2.45, 2.75) is 26.8 Å². The van der Waals surface area contributed by atoms with Crippen molar-refractivity contribution in [3.63, 3.8) is 0 Å². The number of halogens is 1. The highest BCUT2D eigenvalue weighted by Crippen LogP contribution is 2.33. The molecule has 4 rings (SSSR count). The molecule has 3 aromatic rings. The molecule has 1 aromatic carbocycles. The Balaban J connectivity index is 1.94. The van der Waals surface area contributed by atoms with Crippen LogP contribution < -0.4 is 19.6 Å². The molecule has 3 heterocycles. The highest BCUT2D eigenvalue weighted by Gasteiger charge is 2.33. The number of carbonyl (C=O) groups excluding carboxylic acids is 2. The third kappa shape index (κ3) is 4.64. The molecule has 0 bridgehead atoms. The summed E-state index contributed by atoms with van der Waals surface area (Å²) in [5, 5.41) is 1.90. The van der Waals surface area contributed by atoms with Crippen LogP contribution in [0.3, 0.4) is 0 Å². The Morgan fingerprint density at radius 2 is 2.09 bits per heavy atom. The van der Waals surface area contributed by atoms with E-state index in [4.69, 9.17) is 9.47 Å². The zero-order valence-electron chi connectivity index (χ0n) is 18.0. The fourth-order valence-corrected chi connectivity index (χ4v) is 5.77. The van der Waals surface area contributed by atoms with Crippen LogP contribution in [0.4, 0.5) is 0 Å². The zero-order chi connectivity index (χ0) is 23.7. The van der Waals surface area contributed by atoms with Crippen molar-refractivity contribution in [2.75, 3.05) is 6.61 Å². The number of esters is 2. The molecule has 33 heavy (non-hydrogen) atoms. The molecule has 7 nitrogen and oxygen atoms in total. The van der Waals surface area contributed by atoms with Gasteiger partial charge in [-0.3, -0.25) is 14.2 Å². The lowest BCUT2D eigenvalue weighted by molar-refractivity contribution is -0.139. The van der Waals surface area contributed by atoms with Crippen LogP contribution in [0.15, 0.2) is 61.2 Å². The minimum absolute atomic E-state index is 0.221. The number of aromatic nitrogens is 1. The van der Waals surface area contributed by atoms with Crippen LogP contribution >= 0.6 is 38.6 Å². The van der Waals surface area contributed by atoms with Gasteiger partial charge in [0, 0.05) is 21.8 Å². The largest absolute Gasteiger partial charge is 0.463 e.